The van der Waals surface area contributed by atoms with Crippen LogP contribution < -0.4 is 10.6 Å². The van der Waals surface area contributed by atoms with Crippen LogP contribution in [0.15, 0.2) is 52.4 Å². The van der Waals surface area contributed by atoms with E-state index in [1.165, 1.54) is 12.6 Å². The van der Waals surface area contributed by atoms with E-state index in [2.05, 4.69) is 15.0 Å². The second-order valence-electron chi connectivity index (χ2n) is 5.76. The number of nitrogen functional groups attached to an aromatic ring is 1. The Labute approximate surface area is 151 Å². The Morgan fingerprint density at radius 1 is 1.23 bits per heavy atom. The summed E-state index contributed by atoms with van der Waals surface area (Å²) in [6.45, 7) is 2.35. The fraction of sp³-hybridized carbons (Fsp3) is 0.235. The molecule has 1 aromatic carbocycles. The van der Waals surface area contributed by atoms with E-state index in [4.69, 9.17) is 10.2 Å². The predicted octanol–water partition coefficient (Wildman–Crippen LogP) is 2.35. The zero-order valence-corrected chi connectivity index (χ0v) is 15.3. The number of hydrogen-bond acceptors (Lipinski definition) is 8. The van der Waals surface area contributed by atoms with Crippen LogP contribution in [0.2, 0.25) is 0 Å². The van der Waals surface area contributed by atoms with Crippen molar-refractivity contribution in [1.82, 2.24) is 15.0 Å². The molecule has 0 spiro atoms. The highest BCUT2D eigenvalue weighted by Gasteiger charge is 2.18. The number of rotatable bonds is 6. The van der Waals surface area contributed by atoms with Crippen molar-refractivity contribution in [1.29, 1.82) is 0 Å². The number of aromatic nitrogens is 3. The molecular formula is C17H19N5O3S. The van der Waals surface area contributed by atoms with Gasteiger partial charge < -0.3 is 15.1 Å². The summed E-state index contributed by atoms with van der Waals surface area (Å²) < 4.78 is 28.8. The van der Waals surface area contributed by atoms with Gasteiger partial charge in [-0.05, 0) is 36.2 Å². The van der Waals surface area contributed by atoms with E-state index in [1.54, 1.807) is 36.7 Å². The molecule has 0 radical (unpaired) electrons. The standard InChI is InChI=1S/C17H19N5O3S/c1-3-12-8-14(26(2,23)24)4-5-15(12)22(9-13-10-25-11-20-13)16-6-7-19-17(18)21-16/h4-8,10-11H,3,9H2,1-2H3,(H2,18,19,21). The third-order valence-corrected chi connectivity index (χ3v) is 5.00. The van der Waals surface area contributed by atoms with E-state index in [0.29, 0.717) is 24.5 Å². The first-order chi connectivity index (χ1) is 12.4. The molecule has 2 aromatic heterocycles. The number of oxazole rings is 1. The first-order valence-corrected chi connectivity index (χ1v) is 9.83. The molecule has 0 atom stereocenters. The lowest BCUT2D eigenvalue weighted by atomic mass is 10.1. The van der Waals surface area contributed by atoms with Crippen LogP contribution in [0.3, 0.4) is 0 Å². The predicted molar refractivity (Wildman–Crippen MR) is 97.7 cm³/mol. The minimum Gasteiger partial charge on any atom is -0.451 e. The van der Waals surface area contributed by atoms with E-state index in [9.17, 15) is 8.42 Å². The highest BCUT2D eigenvalue weighted by molar-refractivity contribution is 7.90. The zero-order chi connectivity index (χ0) is 18.7. The van der Waals surface area contributed by atoms with Crippen LogP contribution >= 0.6 is 0 Å². The van der Waals surface area contributed by atoms with Crippen LogP contribution in [-0.4, -0.2) is 29.6 Å². The van der Waals surface area contributed by atoms with Crippen LogP contribution in [0.4, 0.5) is 17.5 Å². The van der Waals surface area contributed by atoms with Gasteiger partial charge in [0.25, 0.3) is 0 Å². The summed E-state index contributed by atoms with van der Waals surface area (Å²) in [5, 5.41) is 0. The lowest BCUT2D eigenvalue weighted by molar-refractivity contribution is 0.556. The van der Waals surface area contributed by atoms with Gasteiger partial charge >= 0.3 is 0 Å². The van der Waals surface area contributed by atoms with Crippen molar-refractivity contribution >= 4 is 27.3 Å². The molecule has 0 saturated heterocycles. The molecule has 0 unspecified atom stereocenters. The normalized spacial score (nSPS) is 11.5. The van der Waals surface area contributed by atoms with Crippen LogP contribution in [0.5, 0.6) is 0 Å². The fourth-order valence-electron chi connectivity index (χ4n) is 2.62. The van der Waals surface area contributed by atoms with Crippen LogP contribution in [0, 0.1) is 0 Å². The van der Waals surface area contributed by atoms with Crippen molar-refractivity contribution in [3.63, 3.8) is 0 Å². The van der Waals surface area contributed by atoms with E-state index < -0.39 is 9.84 Å². The van der Waals surface area contributed by atoms with E-state index in [-0.39, 0.29) is 10.8 Å². The van der Waals surface area contributed by atoms with Gasteiger partial charge in [-0.1, -0.05) is 6.92 Å². The Balaban J connectivity index is 2.12. The number of nitrogens with zero attached hydrogens (tertiary/aromatic N) is 4. The summed E-state index contributed by atoms with van der Waals surface area (Å²) >= 11 is 0. The zero-order valence-electron chi connectivity index (χ0n) is 14.5. The molecular weight excluding hydrogens is 354 g/mol. The molecule has 0 aliphatic heterocycles. The third kappa shape index (κ3) is 3.83. The summed E-state index contributed by atoms with van der Waals surface area (Å²) in [6, 6.07) is 6.78. The Kier molecular flexibility index (Phi) is 4.90. The molecule has 26 heavy (non-hydrogen) atoms. The van der Waals surface area contributed by atoms with Crippen molar-refractivity contribution in [2.45, 2.75) is 24.8 Å². The average Bonchev–Trinajstić information content (AvgIpc) is 3.11. The summed E-state index contributed by atoms with van der Waals surface area (Å²) in [7, 11) is -3.29. The molecule has 2 heterocycles. The SMILES string of the molecule is CCc1cc(S(C)(=O)=O)ccc1N(Cc1cocn1)c1ccnc(N)n1. The summed E-state index contributed by atoms with van der Waals surface area (Å²) in [4.78, 5) is 14.6. The Bertz CT molecular complexity index is 1000. The minimum atomic E-state index is -3.29. The van der Waals surface area contributed by atoms with Gasteiger partial charge in [-0.3, -0.25) is 0 Å². The Morgan fingerprint density at radius 2 is 2.04 bits per heavy atom. The summed E-state index contributed by atoms with van der Waals surface area (Å²) in [5.74, 6) is 0.737. The number of hydrogen-bond donors (Lipinski definition) is 1. The molecule has 8 nitrogen and oxygen atoms in total. The van der Waals surface area contributed by atoms with Crippen molar-refractivity contribution in [3.8, 4) is 0 Å². The number of anilines is 3. The molecule has 9 heteroatoms. The molecule has 0 bridgehead atoms. The van der Waals surface area contributed by atoms with Gasteiger partial charge in [0, 0.05) is 18.1 Å². The molecule has 0 aliphatic carbocycles. The highest BCUT2D eigenvalue weighted by atomic mass is 32.2. The maximum atomic E-state index is 11.9. The molecule has 2 N–H and O–H groups in total. The van der Waals surface area contributed by atoms with E-state index in [1.807, 2.05) is 11.8 Å². The van der Waals surface area contributed by atoms with Gasteiger partial charge in [0.1, 0.15) is 12.1 Å². The third-order valence-electron chi connectivity index (χ3n) is 3.89. The molecule has 0 amide bonds. The van der Waals surface area contributed by atoms with Crippen LogP contribution in [0.1, 0.15) is 18.2 Å². The second kappa shape index (κ2) is 7.12. The summed E-state index contributed by atoms with van der Waals surface area (Å²) in [6.07, 6.45) is 6.32. The van der Waals surface area contributed by atoms with Crippen molar-refractivity contribution < 1.29 is 12.8 Å². The van der Waals surface area contributed by atoms with Gasteiger partial charge in [0.15, 0.2) is 16.2 Å². The first kappa shape index (κ1) is 17.9. The van der Waals surface area contributed by atoms with Crippen LogP contribution in [0.25, 0.3) is 0 Å². The summed E-state index contributed by atoms with van der Waals surface area (Å²) in [5.41, 5.74) is 8.13. The van der Waals surface area contributed by atoms with Crippen molar-refractivity contribution in [2.75, 3.05) is 16.9 Å². The van der Waals surface area contributed by atoms with E-state index in [0.717, 1.165) is 11.3 Å². The maximum Gasteiger partial charge on any atom is 0.221 e. The molecule has 3 rings (SSSR count). The lowest BCUT2D eigenvalue weighted by Gasteiger charge is -2.25. The van der Waals surface area contributed by atoms with Crippen molar-refractivity contribution in [2.24, 2.45) is 0 Å². The van der Waals surface area contributed by atoms with Gasteiger partial charge in [-0.15, -0.1) is 0 Å². The topological polar surface area (TPSA) is 115 Å². The number of sulfone groups is 1. The number of benzene rings is 1. The molecule has 0 saturated carbocycles. The molecule has 136 valence electrons. The average molecular weight is 373 g/mol. The molecule has 0 aliphatic rings. The Hall–Kier alpha value is -2.94. The largest absolute Gasteiger partial charge is 0.451 e. The highest BCUT2D eigenvalue weighted by Crippen LogP contribution is 2.31. The van der Waals surface area contributed by atoms with E-state index >= 15 is 0 Å². The minimum absolute atomic E-state index is 0.151. The lowest BCUT2D eigenvalue weighted by Crippen LogP contribution is -2.20. The van der Waals surface area contributed by atoms with Crippen molar-refractivity contribution in [3.05, 3.63) is 54.4 Å². The first-order valence-electron chi connectivity index (χ1n) is 7.94. The quantitative estimate of drug-likeness (QED) is 0.700. The van der Waals surface area contributed by atoms with Gasteiger partial charge in [-0.25, -0.2) is 18.4 Å². The molecule has 0 fully saturated rings. The smallest absolute Gasteiger partial charge is 0.221 e. The number of aryl methyl sites for hydroxylation is 1. The van der Waals surface area contributed by atoms with Gasteiger partial charge in [-0.2, -0.15) is 4.98 Å². The maximum absolute atomic E-state index is 11.9. The fourth-order valence-corrected chi connectivity index (χ4v) is 3.29. The monoisotopic (exact) mass is 373 g/mol. The van der Waals surface area contributed by atoms with Crippen LogP contribution in [-0.2, 0) is 22.8 Å². The van der Waals surface area contributed by atoms with Gasteiger partial charge in [0.05, 0.1) is 17.1 Å². The Morgan fingerprint density at radius 3 is 2.65 bits per heavy atom. The van der Waals surface area contributed by atoms with Gasteiger partial charge in [0.2, 0.25) is 5.95 Å². The molecule has 3 aromatic rings. The number of nitrogens with two attached hydrogens (primary N) is 1. The second-order valence-corrected chi connectivity index (χ2v) is 7.77.